The monoisotopic (exact) mass is 247 g/mol. The molecule has 0 aliphatic rings. The molecule has 0 spiro atoms. The molecule has 0 fully saturated rings. The standard InChI is InChI=1S/C10H9N5OS/c1-6-12-5-8(17-6)10(16)14-9-7(3-11)4-13-15(9)2/h4-5H,1-2H3,(H,14,16). The van der Waals surface area contributed by atoms with Crippen molar-refractivity contribution < 1.29 is 4.79 Å². The van der Waals surface area contributed by atoms with Gasteiger partial charge >= 0.3 is 0 Å². The first-order valence-electron chi connectivity index (χ1n) is 4.77. The molecular weight excluding hydrogens is 238 g/mol. The van der Waals surface area contributed by atoms with Crippen molar-refractivity contribution in [3.8, 4) is 6.07 Å². The second-order valence-electron chi connectivity index (χ2n) is 3.34. The summed E-state index contributed by atoms with van der Waals surface area (Å²) in [6, 6.07) is 1.97. The van der Waals surface area contributed by atoms with Gasteiger partial charge in [0.2, 0.25) is 0 Å². The molecule has 0 aliphatic carbocycles. The second-order valence-corrected chi connectivity index (χ2v) is 4.57. The third kappa shape index (κ3) is 2.16. The van der Waals surface area contributed by atoms with Gasteiger partial charge in [0.1, 0.15) is 22.3 Å². The van der Waals surface area contributed by atoms with Gasteiger partial charge in [-0.05, 0) is 6.92 Å². The number of thiazole rings is 1. The van der Waals surface area contributed by atoms with E-state index in [1.54, 1.807) is 7.05 Å². The fraction of sp³-hybridized carbons (Fsp3) is 0.200. The maximum Gasteiger partial charge on any atom is 0.268 e. The van der Waals surface area contributed by atoms with Crippen molar-refractivity contribution in [2.75, 3.05) is 5.32 Å². The smallest absolute Gasteiger partial charge is 0.268 e. The molecule has 0 aliphatic heterocycles. The highest BCUT2D eigenvalue weighted by molar-refractivity contribution is 7.13. The van der Waals surface area contributed by atoms with E-state index in [0.29, 0.717) is 16.3 Å². The Balaban J connectivity index is 2.24. The molecule has 0 unspecified atom stereocenters. The summed E-state index contributed by atoms with van der Waals surface area (Å²) in [4.78, 5) is 16.4. The lowest BCUT2D eigenvalue weighted by Gasteiger charge is -2.03. The number of amides is 1. The van der Waals surface area contributed by atoms with Crippen LogP contribution in [0.25, 0.3) is 0 Å². The number of anilines is 1. The summed E-state index contributed by atoms with van der Waals surface area (Å²) in [5, 5.41) is 16.2. The van der Waals surface area contributed by atoms with Crippen molar-refractivity contribution in [2.24, 2.45) is 7.05 Å². The van der Waals surface area contributed by atoms with Crippen LogP contribution in [-0.2, 0) is 7.05 Å². The largest absolute Gasteiger partial charge is 0.305 e. The van der Waals surface area contributed by atoms with E-state index in [4.69, 9.17) is 5.26 Å². The van der Waals surface area contributed by atoms with Gasteiger partial charge in [-0.3, -0.25) is 9.48 Å². The molecule has 2 heterocycles. The first-order chi connectivity index (χ1) is 8.11. The van der Waals surface area contributed by atoms with Crippen LogP contribution in [0.2, 0.25) is 0 Å². The van der Waals surface area contributed by atoms with E-state index in [0.717, 1.165) is 5.01 Å². The Morgan fingerprint density at radius 1 is 1.59 bits per heavy atom. The van der Waals surface area contributed by atoms with E-state index in [1.165, 1.54) is 28.4 Å². The van der Waals surface area contributed by atoms with Crippen molar-refractivity contribution in [3.63, 3.8) is 0 Å². The molecule has 2 rings (SSSR count). The SMILES string of the molecule is Cc1ncc(C(=O)Nc2c(C#N)cnn2C)s1. The van der Waals surface area contributed by atoms with E-state index < -0.39 is 0 Å². The summed E-state index contributed by atoms with van der Waals surface area (Å²) >= 11 is 1.30. The molecule has 2 aromatic heterocycles. The minimum absolute atomic E-state index is 0.282. The van der Waals surface area contributed by atoms with Gasteiger partial charge in [0, 0.05) is 7.05 Å². The number of carbonyl (C=O) groups excluding carboxylic acids is 1. The molecular formula is C10H9N5OS. The van der Waals surface area contributed by atoms with Gasteiger partial charge in [-0.15, -0.1) is 11.3 Å². The number of aromatic nitrogens is 3. The molecule has 0 radical (unpaired) electrons. The molecule has 1 amide bonds. The number of rotatable bonds is 2. The van der Waals surface area contributed by atoms with Crippen LogP contribution in [0.5, 0.6) is 0 Å². The fourth-order valence-electron chi connectivity index (χ4n) is 1.30. The zero-order valence-corrected chi connectivity index (χ0v) is 10.1. The van der Waals surface area contributed by atoms with Gasteiger partial charge < -0.3 is 5.32 Å². The van der Waals surface area contributed by atoms with Crippen LogP contribution in [0.4, 0.5) is 5.82 Å². The van der Waals surface area contributed by atoms with Gasteiger partial charge in [-0.2, -0.15) is 10.4 Å². The summed E-state index contributed by atoms with van der Waals surface area (Å²) in [5.41, 5.74) is 0.335. The third-order valence-corrected chi connectivity index (χ3v) is 3.05. The first kappa shape index (κ1) is 11.3. The van der Waals surface area contributed by atoms with Gasteiger partial charge in [-0.1, -0.05) is 0 Å². The molecule has 0 saturated heterocycles. The van der Waals surface area contributed by atoms with Crippen molar-refractivity contribution in [3.05, 3.63) is 27.8 Å². The van der Waals surface area contributed by atoms with Crippen LogP contribution in [0, 0.1) is 18.3 Å². The van der Waals surface area contributed by atoms with E-state index in [2.05, 4.69) is 15.4 Å². The quantitative estimate of drug-likeness (QED) is 0.867. The number of hydrogen-bond acceptors (Lipinski definition) is 5. The van der Waals surface area contributed by atoms with Crippen LogP contribution in [0.3, 0.4) is 0 Å². The summed E-state index contributed by atoms with van der Waals surface area (Å²) < 4.78 is 1.45. The Labute approximate surface area is 102 Å². The number of aryl methyl sites for hydroxylation is 2. The number of hydrogen-bond donors (Lipinski definition) is 1. The van der Waals surface area contributed by atoms with E-state index >= 15 is 0 Å². The summed E-state index contributed by atoms with van der Waals surface area (Å²) in [5.74, 6) is 0.110. The Hall–Kier alpha value is -2.20. The topological polar surface area (TPSA) is 83.6 Å². The lowest BCUT2D eigenvalue weighted by molar-refractivity contribution is 0.102. The molecule has 86 valence electrons. The highest BCUT2D eigenvalue weighted by atomic mass is 32.1. The molecule has 2 aromatic rings. The van der Waals surface area contributed by atoms with E-state index in [9.17, 15) is 4.79 Å². The van der Waals surface area contributed by atoms with Gasteiger partial charge in [0.15, 0.2) is 0 Å². The van der Waals surface area contributed by atoms with Crippen molar-refractivity contribution in [1.82, 2.24) is 14.8 Å². The van der Waals surface area contributed by atoms with Gasteiger partial charge in [0.25, 0.3) is 5.91 Å². The maximum absolute atomic E-state index is 11.9. The number of nitriles is 1. The van der Waals surface area contributed by atoms with E-state index in [-0.39, 0.29) is 5.91 Å². The Bertz CT molecular complexity index is 606. The number of nitrogens with one attached hydrogen (secondary N) is 1. The summed E-state index contributed by atoms with van der Waals surface area (Å²) in [6.07, 6.45) is 2.92. The molecule has 0 saturated carbocycles. The second kappa shape index (κ2) is 4.35. The Kier molecular flexibility index (Phi) is 2.89. The third-order valence-electron chi connectivity index (χ3n) is 2.14. The van der Waals surface area contributed by atoms with E-state index in [1.807, 2.05) is 13.0 Å². The fourth-order valence-corrected chi connectivity index (χ4v) is 1.98. The summed E-state index contributed by atoms with van der Waals surface area (Å²) in [7, 11) is 1.66. The zero-order chi connectivity index (χ0) is 12.4. The maximum atomic E-state index is 11.9. The van der Waals surface area contributed by atoms with Crippen LogP contribution in [0.15, 0.2) is 12.4 Å². The molecule has 6 nitrogen and oxygen atoms in total. The first-order valence-corrected chi connectivity index (χ1v) is 5.59. The highest BCUT2D eigenvalue weighted by Gasteiger charge is 2.14. The predicted molar refractivity (Wildman–Crippen MR) is 62.7 cm³/mol. The van der Waals surface area contributed by atoms with Gasteiger partial charge in [-0.25, -0.2) is 4.98 Å². The minimum atomic E-state index is -0.282. The number of nitrogens with zero attached hydrogens (tertiary/aromatic N) is 4. The lowest BCUT2D eigenvalue weighted by atomic mass is 10.3. The van der Waals surface area contributed by atoms with Crippen molar-refractivity contribution in [2.45, 2.75) is 6.92 Å². The predicted octanol–water partition coefficient (Wildman–Crippen LogP) is 1.31. The van der Waals surface area contributed by atoms with Crippen LogP contribution < -0.4 is 5.32 Å². The number of carbonyl (C=O) groups is 1. The van der Waals surface area contributed by atoms with Crippen molar-refractivity contribution in [1.29, 1.82) is 5.26 Å². The summed E-state index contributed by atoms with van der Waals surface area (Å²) in [6.45, 7) is 1.83. The molecule has 7 heteroatoms. The molecule has 1 N–H and O–H groups in total. The molecule has 0 bridgehead atoms. The van der Waals surface area contributed by atoms with Crippen LogP contribution in [-0.4, -0.2) is 20.7 Å². The molecule has 0 aromatic carbocycles. The normalized spacial score (nSPS) is 9.94. The van der Waals surface area contributed by atoms with Crippen molar-refractivity contribution >= 4 is 23.1 Å². The lowest BCUT2D eigenvalue weighted by Crippen LogP contribution is -2.14. The average molecular weight is 247 g/mol. The highest BCUT2D eigenvalue weighted by Crippen LogP contribution is 2.17. The van der Waals surface area contributed by atoms with Crippen LogP contribution in [0.1, 0.15) is 20.2 Å². The molecule has 17 heavy (non-hydrogen) atoms. The average Bonchev–Trinajstić information content (AvgIpc) is 2.87. The van der Waals surface area contributed by atoms with Gasteiger partial charge in [0.05, 0.1) is 17.4 Å². The Morgan fingerprint density at radius 2 is 2.35 bits per heavy atom. The van der Waals surface area contributed by atoms with Crippen LogP contribution >= 0.6 is 11.3 Å². The molecule has 0 atom stereocenters. The zero-order valence-electron chi connectivity index (χ0n) is 9.26. The Morgan fingerprint density at radius 3 is 2.94 bits per heavy atom. The minimum Gasteiger partial charge on any atom is -0.305 e.